The number of hydrogen-bond donors (Lipinski definition) is 0. The van der Waals surface area contributed by atoms with Gasteiger partial charge in [-0.1, -0.05) is 0 Å². The van der Waals surface area contributed by atoms with Crippen LogP contribution >= 0.6 is 11.3 Å². The topological polar surface area (TPSA) is 42.0 Å². The molecule has 0 spiro atoms. The molecule has 5 nitrogen and oxygen atoms in total. The van der Waals surface area contributed by atoms with Gasteiger partial charge in [-0.25, -0.2) is 0 Å². The normalized spacial score (nSPS) is 22.8. The summed E-state index contributed by atoms with van der Waals surface area (Å²) in [6.07, 6.45) is 2.93. The summed E-state index contributed by atoms with van der Waals surface area (Å²) >= 11 is 1.83. The number of carbonyl (C=O) groups excluding carboxylic acids is 1. The lowest BCUT2D eigenvalue weighted by Crippen LogP contribution is -2.51. The highest BCUT2D eigenvalue weighted by molar-refractivity contribution is 7.10. The van der Waals surface area contributed by atoms with Crippen LogP contribution in [0.4, 0.5) is 0 Å². The molecule has 0 bridgehead atoms. The maximum Gasteiger partial charge on any atom is 0.249 e. The molecule has 0 aromatic carbocycles. The van der Waals surface area contributed by atoms with Gasteiger partial charge in [-0.2, -0.15) is 0 Å². The van der Waals surface area contributed by atoms with Crippen LogP contribution in [0.15, 0.2) is 11.4 Å². The summed E-state index contributed by atoms with van der Waals surface area (Å²) < 4.78 is 10.6. The molecule has 6 heteroatoms. The number of rotatable bonds is 6. The molecule has 0 saturated carbocycles. The summed E-state index contributed by atoms with van der Waals surface area (Å²) in [6.45, 7) is 6.89. The molecule has 2 saturated heterocycles. The number of amides is 1. The van der Waals surface area contributed by atoms with Gasteiger partial charge in [0.15, 0.2) is 0 Å². The zero-order valence-electron chi connectivity index (χ0n) is 14.7. The van der Waals surface area contributed by atoms with Crippen LogP contribution in [0.25, 0.3) is 0 Å². The van der Waals surface area contributed by atoms with E-state index >= 15 is 0 Å². The Bertz CT molecular complexity index is 542. The van der Waals surface area contributed by atoms with Crippen LogP contribution in [0, 0.1) is 6.92 Å². The van der Waals surface area contributed by atoms with E-state index < -0.39 is 0 Å². The second-order valence-electron chi connectivity index (χ2n) is 6.78. The molecule has 24 heavy (non-hydrogen) atoms. The average molecular weight is 352 g/mol. The maximum atomic E-state index is 12.7. The highest BCUT2D eigenvalue weighted by atomic mass is 32.1. The first-order chi connectivity index (χ1) is 11.7. The lowest BCUT2D eigenvalue weighted by Gasteiger charge is -2.38. The van der Waals surface area contributed by atoms with Gasteiger partial charge in [-0.15, -0.1) is 11.3 Å². The molecule has 2 aliphatic rings. The first kappa shape index (κ1) is 17.9. The van der Waals surface area contributed by atoms with Gasteiger partial charge in [0.2, 0.25) is 5.91 Å². The van der Waals surface area contributed by atoms with Gasteiger partial charge in [0, 0.05) is 56.9 Å². The van der Waals surface area contributed by atoms with E-state index in [4.69, 9.17) is 9.47 Å². The number of nitrogens with zero attached hydrogens (tertiary/aromatic N) is 2. The third kappa shape index (κ3) is 4.17. The third-order valence-electron chi connectivity index (χ3n) is 5.12. The minimum Gasteiger partial charge on any atom is -0.381 e. The van der Waals surface area contributed by atoms with Gasteiger partial charge in [-0.3, -0.25) is 9.69 Å². The Hall–Kier alpha value is -0.950. The average Bonchev–Trinajstić information content (AvgIpc) is 3.19. The van der Waals surface area contributed by atoms with Crippen LogP contribution in [-0.4, -0.2) is 67.8 Å². The predicted octanol–water partition coefficient (Wildman–Crippen LogP) is 2.28. The minimum absolute atomic E-state index is 0.128. The molecule has 1 aromatic heterocycles. The fourth-order valence-electron chi connectivity index (χ4n) is 3.82. The second kappa shape index (κ2) is 8.43. The highest BCUT2D eigenvalue weighted by Gasteiger charge is 2.35. The number of aryl methyl sites for hydroxylation is 1. The van der Waals surface area contributed by atoms with E-state index in [1.165, 1.54) is 10.4 Å². The molecule has 1 amide bonds. The molecule has 1 unspecified atom stereocenters. The summed E-state index contributed by atoms with van der Waals surface area (Å²) in [5.74, 6) is 0.128. The summed E-state index contributed by atoms with van der Waals surface area (Å²) in [5, 5.41) is 2.16. The number of likely N-dealkylation sites (tertiary alicyclic amines) is 1. The molecule has 0 aliphatic carbocycles. The molecule has 3 heterocycles. The smallest absolute Gasteiger partial charge is 0.249 e. The Kier molecular flexibility index (Phi) is 6.27. The van der Waals surface area contributed by atoms with Crippen LogP contribution in [0.3, 0.4) is 0 Å². The van der Waals surface area contributed by atoms with Crippen molar-refractivity contribution in [1.82, 2.24) is 9.80 Å². The molecule has 1 atom stereocenters. The summed E-state index contributed by atoms with van der Waals surface area (Å²) in [6, 6.07) is 2.79. The van der Waals surface area contributed by atoms with Gasteiger partial charge in [-0.05, 0) is 43.2 Å². The minimum atomic E-state index is 0.128. The van der Waals surface area contributed by atoms with Crippen molar-refractivity contribution in [3.63, 3.8) is 0 Å². The number of methoxy groups -OCH3 is 1. The second-order valence-corrected chi connectivity index (χ2v) is 7.78. The molecular formula is C18H28N2O3S. The van der Waals surface area contributed by atoms with Gasteiger partial charge < -0.3 is 14.4 Å². The lowest BCUT2D eigenvalue weighted by molar-refractivity contribution is -0.142. The van der Waals surface area contributed by atoms with Crippen molar-refractivity contribution >= 4 is 17.2 Å². The fraction of sp³-hybridized carbons (Fsp3) is 0.722. The molecule has 0 N–H and O–H groups in total. The predicted molar refractivity (Wildman–Crippen MR) is 95.3 cm³/mol. The van der Waals surface area contributed by atoms with Gasteiger partial charge >= 0.3 is 0 Å². The first-order valence-electron chi connectivity index (χ1n) is 8.82. The summed E-state index contributed by atoms with van der Waals surface area (Å²) in [7, 11) is 1.60. The molecule has 2 fully saturated rings. The van der Waals surface area contributed by atoms with Gasteiger partial charge in [0.25, 0.3) is 0 Å². The van der Waals surface area contributed by atoms with Crippen LogP contribution < -0.4 is 0 Å². The lowest BCUT2D eigenvalue weighted by atomic mass is 10.0. The number of hydrogen-bond acceptors (Lipinski definition) is 5. The largest absolute Gasteiger partial charge is 0.381 e. The van der Waals surface area contributed by atoms with Crippen LogP contribution in [0.5, 0.6) is 0 Å². The van der Waals surface area contributed by atoms with E-state index in [0.29, 0.717) is 12.1 Å². The van der Waals surface area contributed by atoms with Crippen molar-refractivity contribution in [3.05, 3.63) is 21.9 Å². The molecule has 0 radical (unpaired) electrons. The van der Waals surface area contributed by atoms with Crippen LogP contribution in [-0.2, 0) is 20.8 Å². The zero-order chi connectivity index (χ0) is 16.9. The van der Waals surface area contributed by atoms with Crippen molar-refractivity contribution < 1.29 is 14.3 Å². The summed E-state index contributed by atoms with van der Waals surface area (Å²) in [5.41, 5.74) is 1.38. The van der Waals surface area contributed by atoms with Gasteiger partial charge in [0.1, 0.15) is 6.61 Å². The Labute approximate surface area is 148 Å². The van der Waals surface area contributed by atoms with Crippen molar-refractivity contribution in [2.75, 3.05) is 40.0 Å². The Morgan fingerprint density at radius 2 is 2.17 bits per heavy atom. The SMILES string of the molecule is COCC(=O)N(C1CCOCC1)C1CCN(Cc2sccc2C)C1. The number of carbonyl (C=O) groups is 1. The molecular weight excluding hydrogens is 324 g/mol. The summed E-state index contributed by atoms with van der Waals surface area (Å²) in [4.78, 5) is 18.7. The number of thiophene rings is 1. The van der Waals surface area contributed by atoms with E-state index in [1.807, 2.05) is 11.3 Å². The van der Waals surface area contributed by atoms with E-state index in [-0.39, 0.29) is 12.5 Å². The van der Waals surface area contributed by atoms with Crippen LogP contribution in [0.2, 0.25) is 0 Å². The van der Waals surface area contributed by atoms with Gasteiger partial charge in [0.05, 0.1) is 0 Å². The van der Waals surface area contributed by atoms with E-state index in [9.17, 15) is 4.79 Å². The van der Waals surface area contributed by atoms with Crippen molar-refractivity contribution in [2.45, 2.75) is 44.8 Å². The fourth-order valence-corrected chi connectivity index (χ4v) is 4.77. The standard InChI is InChI=1S/C18H28N2O3S/c1-14-6-10-24-17(14)12-19-7-3-16(11-19)20(18(21)13-22-2)15-4-8-23-9-5-15/h6,10,15-16H,3-5,7-9,11-13H2,1-2H3. The van der Waals surface area contributed by atoms with Crippen LogP contribution in [0.1, 0.15) is 29.7 Å². The molecule has 1 aromatic rings. The number of ether oxygens (including phenoxy) is 2. The Balaban J connectivity index is 1.64. The maximum absolute atomic E-state index is 12.7. The highest BCUT2D eigenvalue weighted by Crippen LogP contribution is 2.26. The monoisotopic (exact) mass is 352 g/mol. The zero-order valence-corrected chi connectivity index (χ0v) is 15.5. The molecule has 2 aliphatic heterocycles. The molecule has 134 valence electrons. The van der Waals surface area contributed by atoms with Crippen molar-refractivity contribution in [2.24, 2.45) is 0 Å². The third-order valence-corrected chi connectivity index (χ3v) is 6.12. The Morgan fingerprint density at radius 3 is 2.83 bits per heavy atom. The van der Waals surface area contributed by atoms with E-state index in [1.54, 1.807) is 7.11 Å². The first-order valence-corrected chi connectivity index (χ1v) is 9.70. The Morgan fingerprint density at radius 1 is 1.38 bits per heavy atom. The van der Waals surface area contributed by atoms with E-state index in [2.05, 4.69) is 28.2 Å². The molecule has 3 rings (SSSR count). The quantitative estimate of drug-likeness (QED) is 0.788. The van der Waals surface area contributed by atoms with Crippen molar-refractivity contribution in [1.29, 1.82) is 0 Å². The van der Waals surface area contributed by atoms with E-state index in [0.717, 1.165) is 52.1 Å². The van der Waals surface area contributed by atoms with Crippen molar-refractivity contribution in [3.8, 4) is 0 Å².